The van der Waals surface area contributed by atoms with E-state index in [1.54, 1.807) is 0 Å². The van der Waals surface area contributed by atoms with E-state index in [-0.39, 0.29) is 5.60 Å². The first kappa shape index (κ1) is 12.3. The molecule has 1 saturated heterocycles. The van der Waals surface area contributed by atoms with Crippen molar-refractivity contribution in [2.24, 2.45) is 11.8 Å². The molecule has 0 spiro atoms. The topological polar surface area (TPSA) is 56.5 Å². The summed E-state index contributed by atoms with van der Waals surface area (Å²) in [5.41, 5.74) is 3.10. The molecule has 0 bridgehead atoms. The molecule has 16 heavy (non-hydrogen) atoms. The smallest absolute Gasteiger partial charge is 0.0694 e. The van der Waals surface area contributed by atoms with E-state index in [0.29, 0.717) is 12.0 Å². The third-order valence-electron chi connectivity index (χ3n) is 4.34. The van der Waals surface area contributed by atoms with Gasteiger partial charge in [0, 0.05) is 26.4 Å². The van der Waals surface area contributed by atoms with Crippen molar-refractivity contribution in [1.29, 1.82) is 0 Å². The summed E-state index contributed by atoms with van der Waals surface area (Å²) in [4.78, 5) is 0. The second kappa shape index (κ2) is 5.45. The number of rotatable bonds is 5. The van der Waals surface area contributed by atoms with Gasteiger partial charge in [0.15, 0.2) is 0 Å². The predicted octanol–water partition coefficient (Wildman–Crippen LogP) is 1.20. The van der Waals surface area contributed by atoms with E-state index < -0.39 is 0 Å². The Labute approximate surface area is 97.8 Å². The summed E-state index contributed by atoms with van der Waals surface area (Å²) in [7, 11) is 1.83. The van der Waals surface area contributed by atoms with E-state index in [0.717, 1.165) is 32.5 Å². The molecule has 0 aromatic rings. The minimum Gasteiger partial charge on any atom is -0.381 e. The van der Waals surface area contributed by atoms with Gasteiger partial charge in [-0.2, -0.15) is 0 Å². The molecular weight excluding hydrogens is 204 g/mol. The molecule has 1 atom stereocenters. The first-order chi connectivity index (χ1) is 7.79. The van der Waals surface area contributed by atoms with Crippen LogP contribution in [0.1, 0.15) is 38.5 Å². The lowest BCUT2D eigenvalue weighted by molar-refractivity contribution is -0.0902. The summed E-state index contributed by atoms with van der Waals surface area (Å²) in [5, 5.41) is 0. The molecule has 94 valence electrons. The van der Waals surface area contributed by atoms with Gasteiger partial charge in [-0.1, -0.05) is 0 Å². The molecule has 4 nitrogen and oxygen atoms in total. The van der Waals surface area contributed by atoms with Gasteiger partial charge < -0.3 is 9.47 Å². The lowest BCUT2D eigenvalue weighted by Crippen LogP contribution is -2.51. The van der Waals surface area contributed by atoms with E-state index in [1.165, 1.54) is 19.3 Å². The summed E-state index contributed by atoms with van der Waals surface area (Å²) in [5.74, 6) is 6.34. The summed E-state index contributed by atoms with van der Waals surface area (Å²) in [6, 6.07) is 0.379. The molecule has 2 fully saturated rings. The van der Waals surface area contributed by atoms with Gasteiger partial charge in [0.25, 0.3) is 0 Å². The Morgan fingerprint density at radius 2 is 2.12 bits per heavy atom. The highest BCUT2D eigenvalue weighted by molar-refractivity contribution is 4.94. The molecular formula is C12H24N2O2. The van der Waals surface area contributed by atoms with E-state index in [9.17, 15) is 0 Å². The van der Waals surface area contributed by atoms with E-state index in [2.05, 4.69) is 5.43 Å². The van der Waals surface area contributed by atoms with Crippen LogP contribution in [-0.2, 0) is 9.47 Å². The molecule has 3 N–H and O–H groups in total. The summed E-state index contributed by atoms with van der Waals surface area (Å²) >= 11 is 0. The van der Waals surface area contributed by atoms with Crippen LogP contribution in [-0.4, -0.2) is 32.0 Å². The number of nitrogens with one attached hydrogen (secondary N) is 1. The molecule has 2 aliphatic rings. The number of hydrogen-bond acceptors (Lipinski definition) is 4. The van der Waals surface area contributed by atoms with Crippen molar-refractivity contribution < 1.29 is 9.47 Å². The van der Waals surface area contributed by atoms with Gasteiger partial charge in [0.05, 0.1) is 5.60 Å². The lowest BCUT2D eigenvalue weighted by atomic mass is 9.73. The van der Waals surface area contributed by atoms with Crippen molar-refractivity contribution in [3.8, 4) is 0 Å². The Bertz CT molecular complexity index is 208. The third kappa shape index (κ3) is 2.56. The largest absolute Gasteiger partial charge is 0.381 e. The van der Waals surface area contributed by atoms with Crippen LogP contribution < -0.4 is 11.3 Å². The monoisotopic (exact) mass is 228 g/mol. The molecule has 0 amide bonds. The third-order valence-corrected chi connectivity index (χ3v) is 4.34. The minimum atomic E-state index is 0.106. The molecule has 0 aromatic heterocycles. The zero-order chi connectivity index (χ0) is 11.4. The fourth-order valence-corrected chi connectivity index (χ4v) is 2.94. The van der Waals surface area contributed by atoms with Gasteiger partial charge in [-0.05, 0) is 44.4 Å². The molecule has 1 aliphatic carbocycles. The molecule has 2 rings (SSSR count). The number of ether oxygens (including phenoxy) is 2. The SMILES string of the molecule is COC1(CC(NN)C2CCOCC2)CCC1. The van der Waals surface area contributed by atoms with Crippen molar-refractivity contribution in [3.05, 3.63) is 0 Å². The van der Waals surface area contributed by atoms with Gasteiger partial charge in [-0.3, -0.25) is 11.3 Å². The standard InChI is InChI=1S/C12H24N2O2/c1-15-12(5-2-6-12)9-11(14-13)10-3-7-16-8-4-10/h10-11,14H,2-9,13H2,1H3. The summed E-state index contributed by atoms with van der Waals surface area (Å²) < 4.78 is 11.1. The van der Waals surface area contributed by atoms with Crippen LogP contribution >= 0.6 is 0 Å². The van der Waals surface area contributed by atoms with Crippen molar-refractivity contribution in [2.45, 2.75) is 50.2 Å². The first-order valence-corrected chi connectivity index (χ1v) is 6.39. The Morgan fingerprint density at radius 1 is 1.44 bits per heavy atom. The minimum absolute atomic E-state index is 0.106. The molecule has 1 saturated carbocycles. The van der Waals surface area contributed by atoms with E-state index >= 15 is 0 Å². The van der Waals surface area contributed by atoms with Crippen LogP contribution in [0.2, 0.25) is 0 Å². The first-order valence-electron chi connectivity index (χ1n) is 6.39. The van der Waals surface area contributed by atoms with Crippen LogP contribution in [0.25, 0.3) is 0 Å². The van der Waals surface area contributed by atoms with Crippen molar-refractivity contribution in [1.82, 2.24) is 5.43 Å². The number of hydrazine groups is 1. The summed E-state index contributed by atoms with van der Waals surface area (Å²) in [6.07, 6.45) is 6.95. The molecule has 1 aliphatic heterocycles. The maximum atomic E-state index is 5.70. The van der Waals surface area contributed by atoms with Crippen molar-refractivity contribution in [3.63, 3.8) is 0 Å². The van der Waals surface area contributed by atoms with Crippen molar-refractivity contribution in [2.75, 3.05) is 20.3 Å². The Hall–Kier alpha value is -0.160. The van der Waals surface area contributed by atoms with Gasteiger partial charge in [-0.25, -0.2) is 0 Å². The second-order valence-electron chi connectivity index (χ2n) is 5.17. The predicted molar refractivity (Wildman–Crippen MR) is 62.9 cm³/mol. The maximum absolute atomic E-state index is 5.70. The Balaban J connectivity index is 1.88. The molecule has 0 radical (unpaired) electrons. The van der Waals surface area contributed by atoms with Gasteiger partial charge in [-0.15, -0.1) is 0 Å². The fraction of sp³-hybridized carbons (Fsp3) is 1.00. The molecule has 1 unspecified atom stereocenters. The van der Waals surface area contributed by atoms with Gasteiger partial charge in [0.1, 0.15) is 0 Å². The van der Waals surface area contributed by atoms with Crippen LogP contribution in [0.5, 0.6) is 0 Å². The zero-order valence-corrected chi connectivity index (χ0v) is 10.2. The Morgan fingerprint density at radius 3 is 2.56 bits per heavy atom. The fourth-order valence-electron chi connectivity index (χ4n) is 2.94. The quantitative estimate of drug-likeness (QED) is 0.548. The lowest BCUT2D eigenvalue weighted by Gasteiger charge is -2.44. The molecule has 0 aromatic carbocycles. The highest BCUT2D eigenvalue weighted by atomic mass is 16.5. The molecule has 4 heteroatoms. The number of methoxy groups -OCH3 is 1. The maximum Gasteiger partial charge on any atom is 0.0694 e. The average Bonchev–Trinajstić information content (AvgIpc) is 2.30. The van der Waals surface area contributed by atoms with E-state index in [4.69, 9.17) is 15.3 Å². The summed E-state index contributed by atoms with van der Waals surface area (Å²) in [6.45, 7) is 1.76. The zero-order valence-electron chi connectivity index (χ0n) is 10.2. The van der Waals surface area contributed by atoms with Crippen LogP contribution in [0, 0.1) is 5.92 Å². The highest BCUT2D eigenvalue weighted by Gasteiger charge is 2.40. The van der Waals surface area contributed by atoms with Gasteiger partial charge >= 0.3 is 0 Å². The highest BCUT2D eigenvalue weighted by Crippen LogP contribution is 2.40. The number of nitrogens with two attached hydrogens (primary N) is 1. The second-order valence-corrected chi connectivity index (χ2v) is 5.17. The van der Waals surface area contributed by atoms with Gasteiger partial charge in [0.2, 0.25) is 0 Å². The van der Waals surface area contributed by atoms with Crippen LogP contribution in [0.4, 0.5) is 0 Å². The molecule has 1 heterocycles. The van der Waals surface area contributed by atoms with E-state index in [1.807, 2.05) is 7.11 Å². The normalized spacial score (nSPS) is 27.4. The van der Waals surface area contributed by atoms with Crippen molar-refractivity contribution >= 4 is 0 Å². The number of hydrogen-bond donors (Lipinski definition) is 2. The average molecular weight is 228 g/mol. The Kier molecular flexibility index (Phi) is 4.19. The van der Waals surface area contributed by atoms with Crippen LogP contribution in [0.3, 0.4) is 0 Å². The van der Waals surface area contributed by atoms with Crippen LogP contribution in [0.15, 0.2) is 0 Å².